The van der Waals surface area contributed by atoms with Crippen molar-refractivity contribution in [3.05, 3.63) is 35.4 Å². The topological polar surface area (TPSA) is 181 Å². The molecule has 0 aromatic heterocycles. The zero-order valence-corrected chi connectivity index (χ0v) is 25.1. The zero-order chi connectivity index (χ0) is 30.9. The molecule has 3 fully saturated rings. The quantitative estimate of drug-likeness (QED) is 0.146. The Bertz CT molecular complexity index is 1290. The summed E-state index contributed by atoms with van der Waals surface area (Å²) >= 11 is 0. The van der Waals surface area contributed by atoms with Gasteiger partial charge in [0.05, 0.1) is 18.2 Å². The fraction of sp³-hybridized carbons (Fsp3) is 0.621. The zero-order valence-electron chi connectivity index (χ0n) is 25.1. The van der Waals surface area contributed by atoms with Gasteiger partial charge in [-0.1, -0.05) is 36.4 Å². The molecule has 13 heteroatoms. The summed E-state index contributed by atoms with van der Waals surface area (Å²) in [5.74, 6) is 4.77. The van der Waals surface area contributed by atoms with E-state index in [1.54, 1.807) is 37.8 Å². The normalized spacial score (nSPS) is 27.3. The number of nitrogens with one attached hydrogen (secondary N) is 2. The molecule has 3 heterocycles. The number of alkyl carbamates (subject to hydrolysis) is 1. The lowest BCUT2D eigenvalue weighted by molar-refractivity contribution is -0.141. The Labute approximate surface area is 246 Å². The van der Waals surface area contributed by atoms with Gasteiger partial charge in [-0.25, -0.2) is 4.79 Å². The monoisotopic (exact) mass is 579 g/mol. The molecule has 4 N–H and O–H groups in total. The Hall–Kier alpha value is -4.05. The van der Waals surface area contributed by atoms with Crippen molar-refractivity contribution in [2.45, 2.75) is 96.2 Å². The van der Waals surface area contributed by atoms with Gasteiger partial charge >= 0.3 is 6.09 Å². The number of amidine groups is 1. The van der Waals surface area contributed by atoms with E-state index in [2.05, 4.69) is 21.7 Å². The minimum Gasteiger partial charge on any atom is -0.444 e. The van der Waals surface area contributed by atoms with Gasteiger partial charge < -0.3 is 25.7 Å². The van der Waals surface area contributed by atoms with Gasteiger partial charge in [0.1, 0.15) is 17.7 Å². The third-order valence-electron chi connectivity index (χ3n) is 8.56. The molecule has 1 aromatic carbocycles. The fourth-order valence-corrected chi connectivity index (χ4v) is 6.33. The van der Waals surface area contributed by atoms with Crippen molar-refractivity contribution >= 4 is 23.7 Å². The second kappa shape index (κ2) is 12.1. The molecule has 4 rings (SSSR count). The largest absolute Gasteiger partial charge is 0.444 e. The van der Waals surface area contributed by atoms with Crippen LogP contribution in [0.3, 0.4) is 0 Å². The number of amides is 3. The second-order valence-corrected chi connectivity index (χ2v) is 12.5. The number of ether oxygens (including phenoxy) is 1. The van der Waals surface area contributed by atoms with Crippen LogP contribution in [0.2, 0.25) is 0 Å². The molecule has 1 aromatic rings. The standard InChI is InChI=1S/C29H41N9O4/c1-16-11-21(13-30)37(17(16)2)26(39)23(33-28(41)42-29(4,5)6)15-36-14-22-12-24(36)27(40)38(22)18(3)19-7-9-20(10-8-19)25(31)34-35-32/h7-10,16-18,21-24H,11-12,14-15H2,1-6H3,(H,33,41)(H3,31,32,34)/t16?,17?,18-,21?,22-,23?,24?/m0/s1. The lowest BCUT2D eigenvalue weighted by Crippen LogP contribution is -2.59. The maximum Gasteiger partial charge on any atom is 0.408 e. The summed E-state index contributed by atoms with van der Waals surface area (Å²) in [6, 6.07) is 7.07. The Morgan fingerprint density at radius 2 is 1.90 bits per heavy atom. The lowest BCUT2D eigenvalue weighted by Gasteiger charge is -2.39. The third kappa shape index (κ3) is 6.23. The first-order chi connectivity index (χ1) is 19.7. The van der Waals surface area contributed by atoms with Crippen LogP contribution in [0.15, 0.2) is 34.6 Å². The van der Waals surface area contributed by atoms with Crippen LogP contribution in [0, 0.1) is 22.7 Å². The van der Waals surface area contributed by atoms with Crippen LogP contribution < -0.4 is 11.2 Å². The predicted octanol–water partition coefficient (Wildman–Crippen LogP) is 2.73. The van der Waals surface area contributed by atoms with E-state index in [0.29, 0.717) is 24.9 Å². The van der Waals surface area contributed by atoms with Crippen LogP contribution in [-0.2, 0) is 14.3 Å². The molecule has 0 radical (unpaired) electrons. The number of hydrogen-bond donors (Lipinski definition) is 3. The smallest absolute Gasteiger partial charge is 0.408 e. The summed E-state index contributed by atoms with van der Waals surface area (Å²) in [6.07, 6.45) is 0.472. The predicted molar refractivity (Wildman–Crippen MR) is 154 cm³/mol. The Morgan fingerprint density at radius 3 is 2.48 bits per heavy atom. The van der Waals surface area contributed by atoms with Crippen LogP contribution in [0.25, 0.3) is 0 Å². The van der Waals surface area contributed by atoms with Gasteiger partial charge in [0.15, 0.2) is 5.84 Å². The van der Waals surface area contributed by atoms with Crippen LogP contribution in [0.4, 0.5) is 4.79 Å². The number of likely N-dealkylation sites (tertiary alicyclic amines) is 3. The van der Waals surface area contributed by atoms with E-state index < -0.39 is 29.8 Å². The number of nitrogens with two attached hydrogens (primary N) is 1. The summed E-state index contributed by atoms with van der Waals surface area (Å²) in [5, 5.41) is 27.1. The van der Waals surface area contributed by atoms with E-state index in [1.165, 1.54) is 0 Å². The van der Waals surface area contributed by atoms with Crippen LogP contribution in [-0.4, -0.2) is 87.3 Å². The average molecular weight is 580 g/mol. The summed E-state index contributed by atoms with van der Waals surface area (Å²) in [6.45, 7) is 11.8. The number of fused-ring (bicyclic) bond motifs is 2. The minimum atomic E-state index is -0.977. The first-order valence-electron chi connectivity index (χ1n) is 14.3. The Balaban J connectivity index is 1.49. The molecule has 3 aliphatic rings. The van der Waals surface area contributed by atoms with Gasteiger partial charge in [-0.05, 0) is 58.9 Å². The van der Waals surface area contributed by atoms with Crippen molar-refractivity contribution in [3.8, 4) is 6.07 Å². The van der Waals surface area contributed by atoms with E-state index in [4.69, 9.17) is 16.0 Å². The van der Waals surface area contributed by atoms with E-state index in [-0.39, 0.29) is 48.2 Å². The number of rotatable bonds is 7. The highest BCUT2D eigenvalue weighted by atomic mass is 16.6. The van der Waals surface area contributed by atoms with Gasteiger partial charge in [-0.3, -0.25) is 19.9 Å². The number of carbonyl (C=O) groups is 3. The second-order valence-electron chi connectivity index (χ2n) is 12.5. The van der Waals surface area contributed by atoms with Gasteiger partial charge in [0, 0.05) is 30.7 Å². The average Bonchev–Trinajstić information content (AvgIpc) is 3.57. The molecule has 3 amide bonds. The SMILES string of the molecule is CC1CC(C#N)N(C(=O)C(CN2C[C@@H]3CC2C(=O)N3[C@@H](C)c2ccc(C(=N)N=NN)cc2)NC(=O)OC(C)(C)C)C1C. The summed E-state index contributed by atoms with van der Waals surface area (Å²) in [4.78, 5) is 45.7. The van der Waals surface area contributed by atoms with E-state index >= 15 is 0 Å². The molecule has 5 unspecified atom stereocenters. The highest BCUT2D eigenvalue weighted by Crippen LogP contribution is 2.38. The number of hydrogen-bond acceptors (Lipinski definition) is 8. The Morgan fingerprint density at radius 1 is 1.24 bits per heavy atom. The van der Waals surface area contributed by atoms with Crippen molar-refractivity contribution in [3.63, 3.8) is 0 Å². The molecule has 3 saturated heterocycles. The molecule has 7 atom stereocenters. The third-order valence-corrected chi connectivity index (χ3v) is 8.56. The maximum absolute atomic E-state index is 13.9. The number of carbonyl (C=O) groups excluding carboxylic acids is 3. The molecule has 0 saturated carbocycles. The highest BCUT2D eigenvalue weighted by molar-refractivity contribution is 5.96. The number of nitrogens with zero attached hydrogens (tertiary/aromatic N) is 6. The van der Waals surface area contributed by atoms with E-state index in [9.17, 15) is 19.6 Å². The number of piperazine rings is 1. The molecular formula is C29H41N9O4. The fourth-order valence-electron chi connectivity index (χ4n) is 6.33. The molecule has 42 heavy (non-hydrogen) atoms. The van der Waals surface area contributed by atoms with Gasteiger partial charge in [0.2, 0.25) is 11.8 Å². The lowest BCUT2D eigenvalue weighted by atomic mass is 10.0. The molecule has 3 aliphatic heterocycles. The van der Waals surface area contributed by atoms with Crippen LogP contribution in [0.1, 0.15) is 71.6 Å². The van der Waals surface area contributed by atoms with E-state index in [0.717, 1.165) is 5.56 Å². The molecule has 13 nitrogen and oxygen atoms in total. The Kier molecular flexibility index (Phi) is 8.87. The van der Waals surface area contributed by atoms with E-state index in [1.807, 2.05) is 42.7 Å². The maximum atomic E-state index is 13.9. The van der Waals surface area contributed by atoms with Crippen LogP contribution >= 0.6 is 0 Å². The summed E-state index contributed by atoms with van der Waals surface area (Å²) in [7, 11) is 0. The van der Waals surface area contributed by atoms with Crippen molar-refractivity contribution in [1.29, 1.82) is 10.7 Å². The molecular weight excluding hydrogens is 538 g/mol. The van der Waals surface area contributed by atoms with Gasteiger partial charge in [-0.2, -0.15) is 5.26 Å². The summed E-state index contributed by atoms with van der Waals surface area (Å²) in [5.41, 5.74) is 0.728. The summed E-state index contributed by atoms with van der Waals surface area (Å²) < 4.78 is 5.45. The molecule has 226 valence electrons. The number of nitriles is 1. The first kappa shape index (κ1) is 30.9. The van der Waals surface area contributed by atoms with Gasteiger partial charge in [-0.15, -0.1) is 5.11 Å². The van der Waals surface area contributed by atoms with Crippen molar-refractivity contribution in [2.24, 2.45) is 22.1 Å². The van der Waals surface area contributed by atoms with Gasteiger partial charge in [0.25, 0.3) is 0 Å². The van der Waals surface area contributed by atoms with Crippen LogP contribution in [0.5, 0.6) is 0 Å². The first-order valence-corrected chi connectivity index (χ1v) is 14.3. The molecule has 2 bridgehead atoms. The minimum absolute atomic E-state index is 0.0333. The molecule has 0 aliphatic carbocycles. The van der Waals surface area contributed by atoms with Crippen molar-refractivity contribution in [2.75, 3.05) is 13.1 Å². The van der Waals surface area contributed by atoms with Crippen molar-refractivity contribution in [1.82, 2.24) is 20.0 Å². The number of benzene rings is 1. The van der Waals surface area contributed by atoms with Crippen molar-refractivity contribution < 1.29 is 19.1 Å². The molecule has 0 spiro atoms. The highest BCUT2D eigenvalue weighted by Gasteiger charge is 2.52.